The maximum Gasteiger partial charge on any atom is 0.221 e. The molecule has 7 heteroatoms. The molecule has 0 saturated heterocycles. The molecule has 3 N–H and O–H groups in total. The second-order valence-corrected chi connectivity index (χ2v) is 4.57. The van der Waals surface area contributed by atoms with E-state index >= 15 is 0 Å². The van der Waals surface area contributed by atoms with E-state index in [1.807, 2.05) is 0 Å². The van der Waals surface area contributed by atoms with Crippen LogP contribution in [0.2, 0.25) is 0 Å². The number of sulfonamides is 1. The fraction of sp³-hybridized carbons (Fsp3) is 0.857. The van der Waals surface area contributed by atoms with Gasteiger partial charge in [-0.15, -0.1) is 0 Å². The largest absolute Gasteiger partial charge is 0.395 e. The molecule has 0 aliphatic heterocycles. The first-order valence-corrected chi connectivity index (χ1v) is 6.02. The van der Waals surface area contributed by atoms with E-state index < -0.39 is 16.6 Å². The predicted molar refractivity (Wildman–Crippen MR) is 52.2 cm³/mol. The molecule has 0 bridgehead atoms. The second-order valence-electron chi connectivity index (χ2n) is 2.64. The number of hydrogen-bond donors (Lipinski definition) is 3. The molecule has 84 valence electrons. The number of rotatable bonds is 7. The fourth-order valence-electron chi connectivity index (χ4n) is 0.798. The average molecular weight is 224 g/mol. The molecule has 0 atom stereocenters. The number of carbonyl (C=O) groups excluding carboxylic acids is 1. The van der Waals surface area contributed by atoms with Gasteiger partial charge in [0.05, 0.1) is 12.4 Å². The van der Waals surface area contributed by atoms with Gasteiger partial charge in [0.2, 0.25) is 15.9 Å². The lowest BCUT2D eigenvalue weighted by atomic mass is 10.4. The highest BCUT2D eigenvalue weighted by molar-refractivity contribution is 7.89. The van der Waals surface area contributed by atoms with E-state index in [0.29, 0.717) is 6.54 Å². The predicted octanol–water partition coefficient (Wildman–Crippen LogP) is -1.58. The SMILES string of the molecule is CCNC(=O)CCNS(=O)(=O)CCO. The lowest BCUT2D eigenvalue weighted by Crippen LogP contribution is -2.32. The second kappa shape index (κ2) is 6.74. The minimum Gasteiger partial charge on any atom is -0.395 e. The summed E-state index contributed by atoms with van der Waals surface area (Å²) in [6, 6.07) is 0. The Morgan fingerprint density at radius 3 is 2.57 bits per heavy atom. The standard InChI is InChI=1S/C7H16N2O4S/c1-2-8-7(11)3-4-9-14(12,13)6-5-10/h9-10H,2-6H2,1H3,(H,8,11). The van der Waals surface area contributed by atoms with Crippen molar-refractivity contribution < 1.29 is 18.3 Å². The van der Waals surface area contributed by atoms with E-state index in [1.54, 1.807) is 6.92 Å². The summed E-state index contributed by atoms with van der Waals surface area (Å²) in [5.41, 5.74) is 0. The summed E-state index contributed by atoms with van der Waals surface area (Å²) in [6.07, 6.45) is 0.110. The van der Waals surface area contributed by atoms with Gasteiger partial charge in [0, 0.05) is 19.5 Å². The molecule has 0 aliphatic carbocycles. The minimum absolute atomic E-state index is 0.0637. The Kier molecular flexibility index (Phi) is 6.43. The summed E-state index contributed by atoms with van der Waals surface area (Å²) < 4.78 is 24.1. The molecule has 0 heterocycles. The Bertz CT molecular complexity index is 263. The fourth-order valence-corrected chi connectivity index (χ4v) is 1.60. The molecule has 0 radical (unpaired) electrons. The Labute approximate surface area is 83.7 Å². The van der Waals surface area contributed by atoms with Crippen molar-refractivity contribution >= 4 is 15.9 Å². The van der Waals surface area contributed by atoms with E-state index in [0.717, 1.165) is 0 Å². The maximum absolute atomic E-state index is 11.0. The number of hydrogen-bond acceptors (Lipinski definition) is 4. The van der Waals surface area contributed by atoms with E-state index in [1.165, 1.54) is 0 Å². The van der Waals surface area contributed by atoms with Crippen molar-refractivity contribution in [2.24, 2.45) is 0 Å². The molecule has 0 aliphatic rings. The number of aliphatic hydroxyl groups is 1. The molecule has 0 saturated carbocycles. The van der Waals surface area contributed by atoms with Crippen molar-refractivity contribution in [1.29, 1.82) is 0 Å². The van der Waals surface area contributed by atoms with Gasteiger partial charge >= 0.3 is 0 Å². The number of nitrogens with one attached hydrogen (secondary N) is 2. The van der Waals surface area contributed by atoms with Crippen LogP contribution in [0, 0.1) is 0 Å². The summed E-state index contributed by atoms with van der Waals surface area (Å²) >= 11 is 0. The van der Waals surface area contributed by atoms with Crippen molar-refractivity contribution in [3.05, 3.63) is 0 Å². The quantitative estimate of drug-likeness (QED) is 0.486. The monoisotopic (exact) mass is 224 g/mol. The molecule has 0 spiro atoms. The van der Waals surface area contributed by atoms with Gasteiger partial charge in [0.15, 0.2) is 0 Å². The summed E-state index contributed by atoms with van der Waals surface area (Å²) in [4.78, 5) is 10.9. The van der Waals surface area contributed by atoms with Crippen molar-refractivity contribution in [3.63, 3.8) is 0 Å². The number of carbonyl (C=O) groups is 1. The molecule has 0 aromatic heterocycles. The van der Waals surface area contributed by atoms with Gasteiger partial charge in [-0.25, -0.2) is 13.1 Å². The molecule has 1 amide bonds. The van der Waals surface area contributed by atoms with Crippen LogP contribution < -0.4 is 10.0 Å². The van der Waals surface area contributed by atoms with Gasteiger partial charge in [0.25, 0.3) is 0 Å². The third-order valence-electron chi connectivity index (χ3n) is 1.41. The zero-order valence-corrected chi connectivity index (χ0v) is 8.93. The third kappa shape index (κ3) is 6.81. The van der Waals surface area contributed by atoms with Crippen LogP contribution in [-0.4, -0.2) is 44.9 Å². The lowest BCUT2D eigenvalue weighted by molar-refractivity contribution is -0.120. The Morgan fingerprint density at radius 2 is 2.07 bits per heavy atom. The van der Waals surface area contributed by atoms with Gasteiger partial charge in [-0.2, -0.15) is 0 Å². The topological polar surface area (TPSA) is 95.5 Å². The van der Waals surface area contributed by atoms with Crippen LogP contribution in [0.15, 0.2) is 0 Å². The molecule has 0 unspecified atom stereocenters. The Balaban J connectivity index is 3.68. The van der Waals surface area contributed by atoms with Gasteiger partial charge in [-0.05, 0) is 6.92 Å². The summed E-state index contributed by atoms with van der Waals surface area (Å²) in [6.45, 7) is 1.96. The Morgan fingerprint density at radius 1 is 1.43 bits per heavy atom. The summed E-state index contributed by atoms with van der Waals surface area (Å²) in [5.74, 6) is -0.526. The van der Waals surface area contributed by atoms with Crippen LogP contribution in [-0.2, 0) is 14.8 Å². The zero-order valence-electron chi connectivity index (χ0n) is 8.12. The molecule has 6 nitrogen and oxygen atoms in total. The zero-order chi connectivity index (χ0) is 11.0. The van der Waals surface area contributed by atoms with E-state index in [4.69, 9.17) is 5.11 Å². The number of amides is 1. The van der Waals surface area contributed by atoms with E-state index in [9.17, 15) is 13.2 Å². The number of aliphatic hydroxyl groups excluding tert-OH is 1. The van der Waals surface area contributed by atoms with Crippen molar-refractivity contribution in [2.75, 3.05) is 25.4 Å². The molecular formula is C7H16N2O4S. The molecule has 0 aromatic rings. The van der Waals surface area contributed by atoms with Crippen molar-refractivity contribution in [2.45, 2.75) is 13.3 Å². The normalized spacial score (nSPS) is 11.3. The van der Waals surface area contributed by atoms with Crippen LogP contribution in [0.4, 0.5) is 0 Å². The van der Waals surface area contributed by atoms with Gasteiger partial charge in [0.1, 0.15) is 0 Å². The smallest absolute Gasteiger partial charge is 0.221 e. The minimum atomic E-state index is -3.42. The van der Waals surface area contributed by atoms with E-state index in [2.05, 4.69) is 10.0 Å². The van der Waals surface area contributed by atoms with Crippen LogP contribution >= 0.6 is 0 Å². The first-order chi connectivity index (χ1) is 6.52. The molecule has 0 rings (SSSR count). The van der Waals surface area contributed by atoms with Crippen molar-refractivity contribution in [3.8, 4) is 0 Å². The van der Waals surface area contributed by atoms with Gasteiger partial charge in [-0.3, -0.25) is 4.79 Å². The van der Waals surface area contributed by atoms with E-state index in [-0.39, 0.29) is 24.6 Å². The van der Waals surface area contributed by atoms with Crippen molar-refractivity contribution in [1.82, 2.24) is 10.0 Å². The van der Waals surface area contributed by atoms with Gasteiger partial charge < -0.3 is 10.4 Å². The maximum atomic E-state index is 11.0. The van der Waals surface area contributed by atoms with Crippen LogP contribution in [0.3, 0.4) is 0 Å². The van der Waals surface area contributed by atoms with Gasteiger partial charge in [-0.1, -0.05) is 0 Å². The van der Waals surface area contributed by atoms with Crippen LogP contribution in [0.25, 0.3) is 0 Å². The van der Waals surface area contributed by atoms with Crippen LogP contribution in [0.5, 0.6) is 0 Å². The highest BCUT2D eigenvalue weighted by Gasteiger charge is 2.08. The van der Waals surface area contributed by atoms with Crippen LogP contribution in [0.1, 0.15) is 13.3 Å². The molecule has 0 aromatic carbocycles. The summed E-state index contributed by atoms with van der Waals surface area (Å²) in [5, 5.41) is 10.9. The Hall–Kier alpha value is -0.660. The first-order valence-electron chi connectivity index (χ1n) is 4.36. The average Bonchev–Trinajstić information content (AvgIpc) is 2.03. The third-order valence-corrected chi connectivity index (χ3v) is 2.77. The lowest BCUT2D eigenvalue weighted by Gasteiger charge is -2.04. The first kappa shape index (κ1) is 13.3. The highest BCUT2D eigenvalue weighted by Crippen LogP contribution is 1.84. The molecule has 0 fully saturated rings. The highest BCUT2D eigenvalue weighted by atomic mass is 32.2. The molecule has 14 heavy (non-hydrogen) atoms. The summed E-state index contributed by atoms with van der Waals surface area (Å²) in [7, 11) is -3.42. The molecular weight excluding hydrogens is 208 g/mol.